The second-order valence-corrected chi connectivity index (χ2v) is 10.3. The first-order chi connectivity index (χ1) is 9.28. The summed E-state index contributed by atoms with van der Waals surface area (Å²) in [5.41, 5.74) is 0. The normalized spacial score (nSPS) is 33.2. The van der Waals surface area contributed by atoms with E-state index in [1.54, 1.807) is 0 Å². The highest BCUT2D eigenvalue weighted by Gasteiger charge is 2.40. The second-order valence-electron chi connectivity index (χ2n) is 6.54. The molecule has 1 saturated heterocycles. The van der Waals surface area contributed by atoms with Crippen molar-refractivity contribution in [2.24, 2.45) is 5.92 Å². The summed E-state index contributed by atoms with van der Waals surface area (Å²) in [5.74, 6) is 0.851. The molecule has 0 aromatic heterocycles. The molecule has 1 nitrogen and oxygen atoms in total. The van der Waals surface area contributed by atoms with Crippen molar-refractivity contribution < 1.29 is 4.43 Å². The van der Waals surface area contributed by atoms with Crippen LogP contribution in [0.5, 0.6) is 0 Å². The molecular weight excluding hydrogens is 248 g/mol. The van der Waals surface area contributed by atoms with E-state index in [4.69, 9.17) is 4.43 Å². The average Bonchev–Trinajstić information content (AvgIpc) is 2.49. The van der Waals surface area contributed by atoms with Crippen LogP contribution in [0.3, 0.4) is 0 Å². The molecular formula is C17H26OSi. The van der Waals surface area contributed by atoms with Gasteiger partial charge >= 0.3 is 0 Å². The summed E-state index contributed by atoms with van der Waals surface area (Å²) in [6.07, 6.45) is 10.3. The van der Waals surface area contributed by atoms with Gasteiger partial charge in [-0.3, -0.25) is 0 Å². The summed E-state index contributed by atoms with van der Waals surface area (Å²) in [4.78, 5) is 0. The highest BCUT2D eigenvalue weighted by molar-refractivity contribution is 6.85. The number of benzene rings is 1. The lowest BCUT2D eigenvalue weighted by Crippen LogP contribution is -2.54. The van der Waals surface area contributed by atoms with E-state index in [1.165, 1.54) is 56.2 Å². The van der Waals surface area contributed by atoms with Gasteiger partial charge in [0.05, 0.1) is 0 Å². The third kappa shape index (κ3) is 2.95. The summed E-state index contributed by atoms with van der Waals surface area (Å²) < 4.78 is 6.74. The van der Waals surface area contributed by atoms with Gasteiger partial charge in [-0.1, -0.05) is 56.0 Å². The Bertz CT molecular complexity index is 399. The number of hydrogen-bond donors (Lipinski definition) is 0. The van der Waals surface area contributed by atoms with Crippen molar-refractivity contribution >= 4 is 13.5 Å². The van der Waals surface area contributed by atoms with Gasteiger partial charge in [0.1, 0.15) is 0 Å². The van der Waals surface area contributed by atoms with Crippen molar-refractivity contribution in [1.29, 1.82) is 0 Å². The Balaban J connectivity index is 1.73. The monoisotopic (exact) mass is 274 g/mol. The molecule has 1 aromatic carbocycles. The maximum atomic E-state index is 6.74. The third-order valence-electron chi connectivity index (χ3n) is 5.11. The van der Waals surface area contributed by atoms with Crippen molar-refractivity contribution in [2.75, 3.05) is 0 Å². The minimum Gasteiger partial charge on any atom is -0.409 e. The van der Waals surface area contributed by atoms with E-state index in [2.05, 4.69) is 36.9 Å². The Morgan fingerprint density at radius 3 is 2.42 bits per heavy atom. The van der Waals surface area contributed by atoms with Crippen LogP contribution in [0.15, 0.2) is 30.3 Å². The summed E-state index contributed by atoms with van der Waals surface area (Å²) >= 11 is 0. The Labute approximate surface area is 118 Å². The van der Waals surface area contributed by atoms with Gasteiger partial charge in [0, 0.05) is 6.10 Å². The smallest absolute Gasteiger partial charge is 0.221 e. The lowest BCUT2D eigenvalue weighted by atomic mass is 9.84. The molecule has 1 heterocycles. The molecule has 104 valence electrons. The number of hydrogen-bond acceptors (Lipinski definition) is 1. The van der Waals surface area contributed by atoms with Crippen LogP contribution in [0.1, 0.15) is 44.9 Å². The molecule has 0 bridgehead atoms. The second kappa shape index (κ2) is 5.80. The molecule has 0 N–H and O–H groups in total. The fourth-order valence-electron chi connectivity index (χ4n) is 3.93. The van der Waals surface area contributed by atoms with Gasteiger partial charge in [0.15, 0.2) is 0 Å². The fraction of sp³-hybridized carbons (Fsp3) is 0.647. The Morgan fingerprint density at radius 2 is 1.68 bits per heavy atom. The Hall–Kier alpha value is -0.603. The summed E-state index contributed by atoms with van der Waals surface area (Å²) in [7, 11) is -1.66. The van der Waals surface area contributed by atoms with Crippen LogP contribution in [-0.2, 0) is 4.43 Å². The summed E-state index contributed by atoms with van der Waals surface area (Å²) in [6.45, 7) is 2.43. The molecule has 1 aliphatic carbocycles. The maximum Gasteiger partial charge on any atom is 0.221 e. The quantitative estimate of drug-likeness (QED) is 0.733. The third-order valence-corrected chi connectivity index (χ3v) is 8.80. The summed E-state index contributed by atoms with van der Waals surface area (Å²) in [6, 6.07) is 12.3. The van der Waals surface area contributed by atoms with Gasteiger partial charge < -0.3 is 4.43 Å². The van der Waals surface area contributed by atoms with Gasteiger partial charge in [-0.25, -0.2) is 0 Å². The maximum absolute atomic E-state index is 6.74. The van der Waals surface area contributed by atoms with Crippen molar-refractivity contribution in [3.63, 3.8) is 0 Å². The molecule has 1 aromatic rings. The zero-order valence-corrected chi connectivity index (χ0v) is 13.1. The molecule has 2 fully saturated rings. The first-order valence-corrected chi connectivity index (χ1v) is 10.6. The molecule has 2 heteroatoms. The van der Waals surface area contributed by atoms with Crippen LogP contribution < -0.4 is 5.19 Å². The minimum absolute atomic E-state index is 0.561. The predicted octanol–water partition coefficient (Wildman–Crippen LogP) is 4.23. The fourth-order valence-corrected chi connectivity index (χ4v) is 7.23. The molecule has 1 saturated carbocycles. The van der Waals surface area contributed by atoms with E-state index in [0.29, 0.717) is 6.10 Å². The lowest BCUT2D eigenvalue weighted by molar-refractivity contribution is 0.0801. The molecule has 0 spiro atoms. The van der Waals surface area contributed by atoms with Gasteiger partial charge in [-0.2, -0.15) is 0 Å². The summed E-state index contributed by atoms with van der Waals surface area (Å²) in [5, 5.41) is 1.50. The van der Waals surface area contributed by atoms with Gasteiger partial charge in [-0.15, -0.1) is 0 Å². The van der Waals surface area contributed by atoms with E-state index in [1.807, 2.05) is 0 Å². The van der Waals surface area contributed by atoms with Gasteiger partial charge in [0.2, 0.25) is 8.32 Å². The zero-order chi connectivity index (χ0) is 13.1. The standard InChI is InChI=1S/C17H26OSi/c1-19(16-11-6-3-7-12-16)14-8-13-17(18-19)15-9-4-2-5-10-15/h3,6-7,11-12,15,17H,2,4-5,8-10,13-14H2,1H3. The van der Waals surface area contributed by atoms with E-state index in [9.17, 15) is 0 Å². The van der Waals surface area contributed by atoms with Crippen molar-refractivity contribution in [3.8, 4) is 0 Å². The molecule has 1 aliphatic heterocycles. The van der Waals surface area contributed by atoms with Crippen LogP contribution in [0, 0.1) is 5.92 Å². The van der Waals surface area contributed by atoms with Crippen molar-refractivity contribution in [1.82, 2.24) is 0 Å². The zero-order valence-electron chi connectivity index (χ0n) is 12.1. The average molecular weight is 274 g/mol. The van der Waals surface area contributed by atoms with Crippen molar-refractivity contribution in [3.05, 3.63) is 30.3 Å². The lowest BCUT2D eigenvalue weighted by Gasteiger charge is -2.42. The highest BCUT2D eigenvalue weighted by Crippen LogP contribution is 2.36. The van der Waals surface area contributed by atoms with E-state index in [0.717, 1.165) is 5.92 Å². The SMILES string of the molecule is C[Si]1(c2ccccc2)CCCC(C2CCCCC2)O1. The van der Waals surface area contributed by atoms with Crippen LogP contribution in [0.4, 0.5) is 0 Å². The number of rotatable bonds is 2. The van der Waals surface area contributed by atoms with E-state index >= 15 is 0 Å². The van der Waals surface area contributed by atoms with Crippen LogP contribution in [0.2, 0.25) is 12.6 Å². The van der Waals surface area contributed by atoms with Crippen molar-refractivity contribution in [2.45, 2.75) is 63.6 Å². The molecule has 2 atom stereocenters. The van der Waals surface area contributed by atoms with Gasteiger partial charge in [-0.05, 0) is 43.0 Å². The largest absolute Gasteiger partial charge is 0.409 e. The van der Waals surface area contributed by atoms with Crippen LogP contribution in [-0.4, -0.2) is 14.4 Å². The first kappa shape index (κ1) is 13.4. The molecule has 0 amide bonds. The molecule has 2 unspecified atom stereocenters. The Kier molecular flexibility index (Phi) is 4.09. The van der Waals surface area contributed by atoms with Crippen LogP contribution in [0.25, 0.3) is 0 Å². The van der Waals surface area contributed by atoms with Crippen LogP contribution >= 0.6 is 0 Å². The molecule has 19 heavy (non-hydrogen) atoms. The first-order valence-electron chi connectivity index (χ1n) is 8.01. The molecule has 0 radical (unpaired) electrons. The van der Waals surface area contributed by atoms with Gasteiger partial charge in [0.25, 0.3) is 0 Å². The van der Waals surface area contributed by atoms with E-state index in [-0.39, 0.29) is 0 Å². The molecule has 2 aliphatic rings. The predicted molar refractivity (Wildman–Crippen MR) is 83.2 cm³/mol. The highest BCUT2D eigenvalue weighted by atomic mass is 28.4. The minimum atomic E-state index is -1.66. The van der Waals surface area contributed by atoms with E-state index < -0.39 is 8.32 Å². The Morgan fingerprint density at radius 1 is 0.947 bits per heavy atom. The molecule has 3 rings (SSSR count). The topological polar surface area (TPSA) is 9.23 Å².